The van der Waals surface area contributed by atoms with Crippen LogP contribution in [0.25, 0.3) is 0 Å². The Morgan fingerprint density at radius 2 is 1.79 bits per heavy atom. The Kier molecular flexibility index (Phi) is 6.85. The van der Waals surface area contributed by atoms with Crippen molar-refractivity contribution in [3.8, 4) is 0 Å². The lowest BCUT2D eigenvalue weighted by Gasteiger charge is -2.21. The van der Waals surface area contributed by atoms with Crippen LogP contribution in [0.4, 0.5) is 0 Å². The Balaban J connectivity index is 1.75. The smallest absolute Gasteiger partial charge is 0.273 e. The van der Waals surface area contributed by atoms with Crippen molar-refractivity contribution < 1.29 is 9.21 Å². The number of carbonyl (C=O) groups excluding carboxylic acids is 1. The third-order valence-electron chi connectivity index (χ3n) is 4.11. The minimum absolute atomic E-state index is 0.0464. The van der Waals surface area contributed by atoms with Crippen molar-refractivity contribution in [2.24, 2.45) is 0 Å². The summed E-state index contributed by atoms with van der Waals surface area (Å²) in [5, 5.41) is 3.53. The molecule has 0 aliphatic heterocycles. The molecule has 1 aromatic heterocycles. The van der Waals surface area contributed by atoms with E-state index in [0.29, 0.717) is 29.7 Å². The molecule has 6 heteroatoms. The van der Waals surface area contributed by atoms with Crippen LogP contribution in [0.15, 0.2) is 65.3 Å². The van der Waals surface area contributed by atoms with Gasteiger partial charge in [0.2, 0.25) is 5.89 Å². The van der Waals surface area contributed by atoms with Crippen LogP contribution in [-0.4, -0.2) is 21.8 Å². The summed E-state index contributed by atoms with van der Waals surface area (Å²) >= 11 is 6.13. The minimum Gasteiger partial charge on any atom is -0.447 e. The molecule has 146 valence electrons. The van der Waals surface area contributed by atoms with Gasteiger partial charge < -0.3 is 9.73 Å². The van der Waals surface area contributed by atoms with Gasteiger partial charge in [0.15, 0.2) is 5.69 Å². The molecule has 0 atom stereocenters. The molecule has 1 amide bonds. The van der Waals surface area contributed by atoms with E-state index >= 15 is 0 Å². The normalized spacial score (nSPS) is 11.2. The first-order valence-electron chi connectivity index (χ1n) is 9.25. The maximum Gasteiger partial charge on any atom is 0.273 e. The Morgan fingerprint density at radius 3 is 2.50 bits per heavy atom. The van der Waals surface area contributed by atoms with E-state index in [1.165, 1.54) is 11.8 Å². The summed E-state index contributed by atoms with van der Waals surface area (Å²) in [6, 6.07) is 18.1. The van der Waals surface area contributed by atoms with Crippen LogP contribution < -0.4 is 5.32 Å². The molecule has 0 fully saturated rings. The molecular formula is C22H24ClN3O2. The average molecular weight is 398 g/mol. The highest BCUT2D eigenvalue weighted by Gasteiger charge is 2.16. The predicted octanol–water partition coefficient (Wildman–Crippen LogP) is 4.67. The summed E-state index contributed by atoms with van der Waals surface area (Å²) in [7, 11) is 0. The standard InChI is InChI=1S/C22H24ClN3O2/c1-16(2)24-22(27)20-15-28-21(25-20)14-26(12-17-7-4-3-5-8-17)13-18-9-6-10-19(23)11-18/h3-11,15-16H,12-14H2,1-2H3,(H,24,27). The van der Waals surface area contributed by atoms with Gasteiger partial charge in [-0.2, -0.15) is 0 Å². The molecule has 3 rings (SSSR count). The zero-order valence-electron chi connectivity index (χ0n) is 16.1. The van der Waals surface area contributed by atoms with Crippen LogP contribution >= 0.6 is 11.6 Å². The van der Waals surface area contributed by atoms with Gasteiger partial charge in [-0.05, 0) is 37.1 Å². The molecule has 1 N–H and O–H groups in total. The lowest BCUT2D eigenvalue weighted by Crippen LogP contribution is -2.30. The number of nitrogens with zero attached hydrogens (tertiary/aromatic N) is 2. The third-order valence-corrected chi connectivity index (χ3v) is 4.34. The molecule has 0 spiro atoms. The zero-order valence-corrected chi connectivity index (χ0v) is 16.8. The van der Waals surface area contributed by atoms with Crippen LogP contribution in [0.1, 0.15) is 41.4 Å². The molecule has 0 radical (unpaired) electrons. The van der Waals surface area contributed by atoms with Crippen molar-refractivity contribution in [2.45, 2.75) is 39.5 Å². The summed E-state index contributed by atoms with van der Waals surface area (Å²) in [4.78, 5) is 18.7. The number of amides is 1. The van der Waals surface area contributed by atoms with E-state index in [9.17, 15) is 4.79 Å². The molecule has 3 aromatic rings. The lowest BCUT2D eigenvalue weighted by atomic mass is 10.1. The summed E-state index contributed by atoms with van der Waals surface area (Å²) < 4.78 is 5.56. The monoisotopic (exact) mass is 397 g/mol. The molecule has 0 saturated heterocycles. The van der Waals surface area contributed by atoms with Crippen molar-refractivity contribution in [2.75, 3.05) is 0 Å². The Hall–Kier alpha value is -2.63. The number of carbonyl (C=O) groups is 1. The Morgan fingerprint density at radius 1 is 1.07 bits per heavy atom. The zero-order chi connectivity index (χ0) is 19.9. The Bertz CT molecular complexity index is 909. The van der Waals surface area contributed by atoms with Crippen molar-refractivity contribution >= 4 is 17.5 Å². The molecule has 1 heterocycles. The van der Waals surface area contributed by atoms with Gasteiger partial charge in [0.1, 0.15) is 6.26 Å². The molecule has 28 heavy (non-hydrogen) atoms. The van der Waals surface area contributed by atoms with Crippen molar-refractivity contribution in [1.82, 2.24) is 15.2 Å². The molecule has 2 aromatic carbocycles. The molecule has 5 nitrogen and oxygen atoms in total. The fourth-order valence-electron chi connectivity index (χ4n) is 2.92. The van der Waals surface area contributed by atoms with Gasteiger partial charge in [-0.15, -0.1) is 0 Å². The van der Waals surface area contributed by atoms with Crippen LogP contribution in [0.5, 0.6) is 0 Å². The van der Waals surface area contributed by atoms with E-state index < -0.39 is 0 Å². The average Bonchev–Trinajstić information content (AvgIpc) is 3.11. The van der Waals surface area contributed by atoms with Crippen molar-refractivity contribution in [3.63, 3.8) is 0 Å². The highest BCUT2D eigenvalue weighted by molar-refractivity contribution is 6.30. The van der Waals surface area contributed by atoms with Crippen molar-refractivity contribution in [3.05, 3.63) is 88.6 Å². The maximum absolute atomic E-state index is 12.1. The van der Waals surface area contributed by atoms with E-state index in [-0.39, 0.29) is 11.9 Å². The predicted molar refractivity (Wildman–Crippen MR) is 110 cm³/mol. The molecule has 0 unspecified atom stereocenters. The third kappa shape index (κ3) is 5.94. The summed E-state index contributed by atoms with van der Waals surface area (Å²) in [6.45, 7) is 5.71. The minimum atomic E-state index is -0.227. The molecule has 0 saturated carbocycles. The second kappa shape index (κ2) is 9.53. The fourth-order valence-corrected chi connectivity index (χ4v) is 3.13. The van der Waals surface area contributed by atoms with E-state index in [1.54, 1.807) is 0 Å². The Labute approximate surface area is 170 Å². The molecule has 0 aliphatic carbocycles. The number of aromatic nitrogens is 1. The maximum atomic E-state index is 12.1. The van der Waals surface area contributed by atoms with Gasteiger partial charge >= 0.3 is 0 Å². The van der Waals surface area contributed by atoms with E-state index in [4.69, 9.17) is 16.0 Å². The first kappa shape index (κ1) is 20.1. The summed E-state index contributed by atoms with van der Waals surface area (Å²) in [5.41, 5.74) is 2.59. The summed E-state index contributed by atoms with van der Waals surface area (Å²) in [6.07, 6.45) is 1.41. The number of halogens is 1. The topological polar surface area (TPSA) is 58.4 Å². The van der Waals surface area contributed by atoms with E-state index in [0.717, 1.165) is 12.1 Å². The van der Waals surface area contributed by atoms with Gasteiger partial charge in [0.25, 0.3) is 5.91 Å². The van der Waals surface area contributed by atoms with Gasteiger partial charge in [-0.1, -0.05) is 54.1 Å². The molecule has 0 aliphatic rings. The largest absolute Gasteiger partial charge is 0.447 e. The number of benzene rings is 2. The fraction of sp³-hybridized carbons (Fsp3) is 0.273. The molecular weight excluding hydrogens is 374 g/mol. The van der Waals surface area contributed by atoms with Crippen molar-refractivity contribution in [1.29, 1.82) is 0 Å². The van der Waals surface area contributed by atoms with Crippen LogP contribution in [0.2, 0.25) is 5.02 Å². The SMILES string of the molecule is CC(C)NC(=O)c1coc(CN(Cc2ccccc2)Cc2cccc(Cl)c2)n1. The van der Waals surface area contributed by atoms with Gasteiger partial charge in [0, 0.05) is 24.2 Å². The van der Waals surface area contributed by atoms with Crippen LogP contribution in [0.3, 0.4) is 0 Å². The molecule has 0 bridgehead atoms. The van der Waals surface area contributed by atoms with Gasteiger partial charge in [-0.3, -0.25) is 9.69 Å². The van der Waals surface area contributed by atoms with E-state index in [1.807, 2.05) is 56.3 Å². The van der Waals surface area contributed by atoms with Gasteiger partial charge in [-0.25, -0.2) is 4.98 Å². The number of rotatable bonds is 8. The van der Waals surface area contributed by atoms with E-state index in [2.05, 4.69) is 27.3 Å². The highest BCUT2D eigenvalue weighted by atomic mass is 35.5. The van der Waals surface area contributed by atoms with Crippen LogP contribution in [-0.2, 0) is 19.6 Å². The summed E-state index contributed by atoms with van der Waals surface area (Å²) in [5.74, 6) is 0.279. The number of oxazole rings is 1. The lowest BCUT2D eigenvalue weighted by molar-refractivity contribution is 0.0938. The second-order valence-electron chi connectivity index (χ2n) is 7.02. The first-order chi connectivity index (χ1) is 13.5. The second-order valence-corrected chi connectivity index (χ2v) is 7.45. The quantitative estimate of drug-likeness (QED) is 0.600. The number of hydrogen-bond donors (Lipinski definition) is 1. The van der Waals surface area contributed by atoms with Crippen LogP contribution in [0, 0.1) is 0 Å². The first-order valence-corrected chi connectivity index (χ1v) is 9.63. The highest BCUT2D eigenvalue weighted by Crippen LogP contribution is 2.17. The number of nitrogens with one attached hydrogen (secondary N) is 1. The van der Waals surface area contributed by atoms with Gasteiger partial charge in [0.05, 0.1) is 6.54 Å². The number of hydrogen-bond acceptors (Lipinski definition) is 4.